The van der Waals surface area contributed by atoms with Crippen molar-refractivity contribution in [1.29, 1.82) is 0 Å². The summed E-state index contributed by atoms with van der Waals surface area (Å²) in [6.07, 6.45) is 3.14. The van der Waals surface area contributed by atoms with Crippen LogP contribution < -0.4 is 9.47 Å². The van der Waals surface area contributed by atoms with Crippen molar-refractivity contribution in [3.05, 3.63) is 65.2 Å². The molecule has 0 fully saturated rings. The number of methoxy groups -OCH3 is 1. The van der Waals surface area contributed by atoms with E-state index in [1.54, 1.807) is 13.2 Å². The second-order valence-electron chi connectivity index (χ2n) is 8.71. The Morgan fingerprint density at radius 3 is 2.15 bits per heavy atom. The highest BCUT2D eigenvalue weighted by molar-refractivity contribution is 5.89. The molecule has 3 heteroatoms. The lowest BCUT2D eigenvalue weighted by Crippen LogP contribution is -2.18. The molecule has 2 aromatic rings. The predicted octanol–water partition coefficient (Wildman–Crippen LogP) is 5.91. The van der Waals surface area contributed by atoms with Crippen LogP contribution in [0.15, 0.2) is 48.5 Å². The van der Waals surface area contributed by atoms with Crippen LogP contribution in [0.5, 0.6) is 11.5 Å². The van der Waals surface area contributed by atoms with Crippen LogP contribution in [0, 0.1) is 0 Å². The standard InChI is InChI=1S/C24H30O3/c1-23(2,3)18-13-14-21(19(16-18)24(4,5)6)27-22(25)15-12-17-10-8-9-11-20(17)26-7/h8-16H,1-7H3/b15-12+. The predicted molar refractivity (Wildman–Crippen MR) is 112 cm³/mol. The fourth-order valence-electron chi connectivity index (χ4n) is 2.78. The van der Waals surface area contributed by atoms with Crippen molar-refractivity contribution in [3.63, 3.8) is 0 Å². The molecule has 0 spiro atoms. The van der Waals surface area contributed by atoms with E-state index in [-0.39, 0.29) is 10.8 Å². The molecule has 0 aliphatic heterocycles. The summed E-state index contributed by atoms with van der Waals surface area (Å²) in [6.45, 7) is 12.9. The Labute approximate surface area is 163 Å². The molecule has 0 amide bonds. The molecule has 0 saturated heterocycles. The molecule has 0 heterocycles. The summed E-state index contributed by atoms with van der Waals surface area (Å²) in [4.78, 5) is 12.4. The van der Waals surface area contributed by atoms with Crippen molar-refractivity contribution in [3.8, 4) is 11.5 Å². The van der Waals surface area contributed by atoms with Gasteiger partial charge in [-0.2, -0.15) is 0 Å². The van der Waals surface area contributed by atoms with Crippen molar-refractivity contribution in [2.75, 3.05) is 7.11 Å². The molecule has 0 atom stereocenters. The van der Waals surface area contributed by atoms with Gasteiger partial charge >= 0.3 is 5.97 Å². The molecule has 0 aliphatic rings. The zero-order valence-corrected chi connectivity index (χ0v) is 17.4. The Kier molecular flexibility index (Phi) is 6.15. The van der Waals surface area contributed by atoms with E-state index >= 15 is 0 Å². The van der Waals surface area contributed by atoms with Gasteiger partial charge in [0.15, 0.2) is 0 Å². The van der Waals surface area contributed by atoms with Gasteiger partial charge in [0, 0.05) is 17.2 Å². The third-order valence-electron chi connectivity index (χ3n) is 4.40. The molecule has 0 unspecified atom stereocenters. The lowest BCUT2D eigenvalue weighted by atomic mass is 9.80. The number of esters is 1. The molecule has 2 rings (SSSR count). The molecule has 2 aromatic carbocycles. The van der Waals surface area contributed by atoms with Crippen molar-refractivity contribution in [1.82, 2.24) is 0 Å². The summed E-state index contributed by atoms with van der Waals surface area (Å²) < 4.78 is 11.0. The SMILES string of the molecule is COc1ccccc1/C=C/C(=O)Oc1ccc(C(C)(C)C)cc1C(C)(C)C. The Balaban J connectivity index is 2.28. The van der Waals surface area contributed by atoms with Gasteiger partial charge in [0.2, 0.25) is 0 Å². The molecule has 3 nitrogen and oxygen atoms in total. The third kappa shape index (κ3) is 5.46. The van der Waals surface area contributed by atoms with Crippen LogP contribution in [0.1, 0.15) is 58.2 Å². The number of hydrogen-bond acceptors (Lipinski definition) is 3. The average Bonchev–Trinajstić information content (AvgIpc) is 2.58. The largest absolute Gasteiger partial charge is 0.496 e. The zero-order valence-electron chi connectivity index (χ0n) is 17.4. The van der Waals surface area contributed by atoms with Crippen molar-refractivity contribution < 1.29 is 14.3 Å². The maximum atomic E-state index is 12.4. The van der Waals surface area contributed by atoms with Gasteiger partial charge in [0.25, 0.3) is 0 Å². The third-order valence-corrected chi connectivity index (χ3v) is 4.40. The van der Waals surface area contributed by atoms with Crippen molar-refractivity contribution in [2.45, 2.75) is 52.4 Å². The minimum absolute atomic E-state index is 0.0340. The Hall–Kier alpha value is -2.55. The summed E-state index contributed by atoms with van der Waals surface area (Å²) >= 11 is 0. The first-order chi connectivity index (χ1) is 12.5. The molecule has 0 aromatic heterocycles. The van der Waals surface area contributed by atoms with Gasteiger partial charge in [0.05, 0.1) is 7.11 Å². The van der Waals surface area contributed by atoms with Crippen molar-refractivity contribution >= 4 is 12.0 Å². The van der Waals surface area contributed by atoms with E-state index in [2.05, 4.69) is 47.6 Å². The fourth-order valence-corrected chi connectivity index (χ4v) is 2.78. The molecule has 0 aliphatic carbocycles. The van der Waals surface area contributed by atoms with E-state index in [9.17, 15) is 4.79 Å². The highest BCUT2D eigenvalue weighted by atomic mass is 16.5. The maximum Gasteiger partial charge on any atom is 0.336 e. The van der Waals surface area contributed by atoms with Gasteiger partial charge in [-0.25, -0.2) is 4.79 Å². The Morgan fingerprint density at radius 1 is 0.889 bits per heavy atom. The van der Waals surface area contributed by atoms with E-state index in [4.69, 9.17) is 9.47 Å². The number of ether oxygens (including phenoxy) is 2. The molecule has 0 radical (unpaired) electrons. The maximum absolute atomic E-state index is 12.4. The number of rotatable bonds is 4. The van der Waals surface area contributed by atoms with Crippen LogP contribution in [0.3, 0.4) is 0 Å². The minimum Gasteiger partial charge on any atom is -0.496 e. The number of hydrogen-bond donors (Lipinski definition) is 0. The summed E-state index contributed by atoms with van der Waals surface area (Å²) in [6, 6.07) is 13.6. The summed E-state index contributed by atoms with van der Waals surface area (Å²) in [5, 5.41) is 0. The van der Waals surface area contributed by atoms with Gasteiger partial charge in [-0.05, 0) is 34.6 Å². The molecule has 0 bridgehead atoms. The van der Waals surface area contributed by atoms with Crippen molar-refractivity contribution in [2.24, 2.45) is 0 Å². The second-order valence-corrected chi connectivity index (χ2v) is 8.71. The fraction of sp³-hybridized carbons (Fsp3) is 0.375. The molecule has 27 heavy (non-hydrogen) atoms. The van der Waals surface area contributed by atoms with Gasteiger partial charge in [-0.3, -0.25) is 0 Å². The minimum atomic E-state index is -0.407. The second kappa shape index (κ2) is 7.99. The number of benzene rings is 2. The van der Waals surface area contributed by atoms with Gasteiger partial charge in [0.1, 0.15) is 11.5 Å². The molecule has 0 saturated carbocycles. The monoisotopic (exact) mass is 366 g/mol. The van der Waals surface area contributed by atoms with Gasteiger partial charge in [-0.1, -0.05) is 71.9 Å². The summed E-state index contributed by atoms with van der Waals surface area (Å²) in [5.41, 5.74) is 2.97. The molecule has 0 N–H and O–H groups in total. The molecular formula is C24H30O3. The highest BCUT2D eigenvalue weighted by Crippen LogP contribution is 2.35. The van der Waals surface area contributed by atoms with Crippen LogP contribution in [0.4, 0.5) is 0 Å². The van der Waals surface area contributed by atoms with E-state index in [0.717, 1.165) is 11.1 Å². The smallest absolute Gasteiger partial charge is 0.336 e. The summed E-state index contributed by atoms with van der Waals surface area (Å²) in [7, 11) is 1.61. The first-order valence-corrected chi connectivity index (χ1v) is 9.20. The first-order valence-electron chi connectivity index (χ1n) is 9.20. The normalized spacial score (nSPS) is 12.3. The number of carbonyl (C=O) groups is 1. The summed E-state index contributed by atoms with van der Waals surface area (Å²) in [5.74, 6) is 0.909. The topological polar surface area (TPSA) is 35.5 Å². The lowest BCUT2D eigenvalue weighted by Gasteiger charge is -2.26. The van der Waals surface area contributed by atoms with Crippen LogP contribution >= 0.6 is 0 Å². The van der Waals surface area contributed by atoms with E-state index < -0.39 is 5.97 Å². The molecular weight excluding hydrogens is 336 g/mol. The average molecular weight is 367 g/mol. The van der Waals surface area contributed by atoms with Crippen LogP contribution in [0.25, 0.3) is 6.08 Å². The van der Waals surface area contributed by atoms with Crippen LogP contribution in [0.2, 0.25) is 0 Å². The number of carbonyl (C=O) groups excluding carboxylic acids is 1. The zero-order chi connectivity index (χ0) is 20.2. The Bertz CT molecular complexity index is 833. The van der Waals surface area contributed by atoms with Gasteiger partial charge in [-0.15, -0.1) is 0 Å². The van der Waals surface area contributed by atoms with E-state index in [1.165, 1.54) is 11.6 Å². The van der Waals surface area contributed by atoms with E-state index in [1.807, 2.05) is 36.4 Å². The molecule has 144 valence electrons. The quantitative estimate of drug-likeness (QED) is 0.383. The Morgan fingerprint density at radius 2 is 1.56 bits per heavy atom. The lowest BCUT2D eigenvalue weighted by molar-refractivity contribution is -0.128. The number of para-hydroxylation sites is 1. The van der Waals surface area contributed by atoms with Gasteiger partial charge < -0.3 is 9.47 Å². The highest BCUT2D eigenvalue weighted by Gasteiger charge is 2.23. The van der Waals surface area contributed by atoms with Crippen LogP contribution in [-0.4, -0.2) is 13.1 Å². The van der Waals surface area contributed by atoms with E-state index in [0.29, 0.717) is 11.5 Å². The first kappa shape index (κ1) is 20.8. The van der Waals surface area contributed by atoms with Crippen LogP contribution in [-0.2, 0) is 15.6 Å².